The molecule has 5 nitrogen and oxygen atoms in total. The summed E-state index contributed by atoms with van der Waals surface area (Å²) >= 11 is 1.34. The number of Topliss-reactive ketones (excluding diaryl/α,β-unsaturated/α-hetero) is 1. The van der Waals surface area contributed by atoms with Gasteiger partial charge in [0.1, 0.15) is 5.75 Å². The highest BCUT2D eigenvalue weighted by Crippen LogP contribution is 2.24. The van der Waals surface area contributed by atoms with Gasteiger partial charge >= 0.3 is 0 Å². The first-order valence-corrected chi connectivity index (χ1v) is 9.27. The van der Waals surface area contributed by atoms with E-state index in [2.05, 4.69) is 15.2 Å². The molecule has 0 aliphatic rings. The van der Waals surface area contributed by atoms with Gasteiger partial charge in [0.25, 0.3) is 0 Å². The number of thioether (sulfide) groups is 1. The molecule has 0 radical (unpaired) electrons. The molecule has 134 valence electrons. The van der Waals surface area contributed by atoms with Gasteiger partial charge in [0.05, 0.1) is 12.9 Å². The molecule has 3 aromatic rings. The van der Waals surface area contributed by atoms with Gasteiger partial charge in [-0.2, -0.15) is 0 Å². The zero-order valence-electron chi connectivity index (χ0n) is 15.3. The molecule has 0 amide bonds. The Bertz CT molecular complexity index is 909. The number of carbonyl (C=O) groups is 1. The minimum Gasteiger partial charge on any atom is -0.497 e. The predicted molar refractivity (Wildman–Crippen MR) is 104 cm³/mol. The van der Waals surface area contributed by atoms with Crippen LogP contribution in [0, 0.1) is 20.8 Å². The molecule has 0 unspecified atom stereocenters. The average Bonchev–Trinajstić information content (AvgIpc) is 3.08. The number of H-pyrrole nitrogens is 1. The smallest absolute Gasteiger partial charge is 0.209 e. The van der Waals surface area contributed by atoms with E-state index in [1.165, 1.54) is 17.3 Å². The number of rotatable bonds is 6. The van der Waals surface area contributed by atoms with Crippen LogP contribution >= 0.6 is 11.8 Å². The second kappa shape index (κ2) is 7.74. The van der Waals surface area contributed by atoms with Crippen molar-refractivity contribution in [2.24, 2.45) is 0 Å². The van der Waals surface area contributed by atoms with Crippen molar-refractivity contribution in [3.05, 3.63) is 58.7 Å². The summed E-state index contributed by atoms with van der Waals surface area (Å²) in [5.41, 5.74) is 4.92. The lowest BCUT2D eigenvalue weighted by molar-refractivity contribution is 0.102. The van der Waals surface area contributed by atoms with Crippen LogP contribution in [0.3, 0.4) is 0 Å². The number of nitrogens with one attached hydrogen (secondary N) is 1. The number of aromatic amines is 1. The second-order valence-electron chi connectivity index (χ2n) is 6.18. The van der Waals surface area contributed by atoms with E-state index in [0.717, 1.165) is 28.0 Å². The number of carbonyl (C=O) groups excluding carboxylic acids is 1. The Morgan fingerprint density at radius 1 is 1.12 bits per heavy atom. The van der Waals surface area contributed by atoms with Crippen LogP contribution in [0.25, 0.3) is 11.4 Å². The number of hydrogen-bond donors (Lipinski definition) is 1. The molecular weight excluding hydrogens is 346 g/mol. The number of nitrogens with zero attached hydrogens (tertiary/aromatic N) is 2. The van der Waals surface area contributed by atoms with Crippen LogP contribution < -0.4 is 4.74 Å². The first-order chi connectivity index (χ1) is 12.5. The summed E-state index contributed by atoms with van der Waals surface area (Å²) in [6.07, 6.45) is 0. The highest BCUT2D eigenvalue weighted by Gasteiger charge is 2.15. The summed E-state index contributed by atoms with van der Waals surface area (Å²) in [6, 6.07) is 11.7. The van der Waals surface area contributed by atoms with E-state index in [-0.39, 0.29) is 5.78 Å². The standard InChI is InChI=1S/C20H21N3O2S/c1-12-9-13(2)18(14(3)10-12)17(24)11-26-20-21-19(22-23-20)15-5-7-16(25-4)8-6-15/h5-10H,11H2,1-4H3,(H,21,22,23). The molecule has 1 aromatic heterocycles. The molecule has 0 atom stereocenters. The number of aromatic nitrogens is 3. The number of methoxy groups -OCH3 is 1. The number of aryl methyl sites for hydroxylation is 3. The zero-order valence-corrected chi connectivity index (χ0v) is 16.1. The van der Waals surface area contributed by atoms with Crippen LogP contribution in [0.15, 0.2) is 41.6 Å². The Hall–Kier alpha value is -2.60. The van der Waals surface area contributed by atoms with Crippen molar-refractivity contribution in [3.8, 4) is 17.1 Å². The van der Waals surface area contributed by atoms with Crippen molar-refractivity contribution >= 4 is 17.5 Å². The van der Waals surface area contributed by atoms with Crippen LogP contribution in [0.4, 0.5) is 0 Å². The van der Waals surface area contributed by atoms with Gasteiger partial charge in [-0.1, -0.05) is 29.5 Å². The summed E-state index contributed by atoms with van der Waals surface area (Å²) in [5.74, 6) is 1.87. The monoisotopic (exact) mass is 367 g/mol. The normalized spacial score (nSPS) is 10.8. The fraction of sp³-hybridized carbons (Fsp3) is 0.250. The molecule has 1 N–H and O–H groups in total. The molecule has 26 heavy (non-hydrogen) atoms. The third kappa shape index (κ3) is 3.96. The minimum absolute atomic E-state index is 0.0980. The lowest BCUT2D eigenvalue weighted by Gasteiger charge is -2.09. The quantitative estimate of drug-likeness (QED) is 0.517. The third-order valence-corrected chi connectivity index (χ3v) is 4.96. The topological polar surface area (TPSA) is 67.9 Å². The highest BCUT2D eigenvalue weighted by molar-refractivity contribution is 7.99. The highest BCUT2D eigenvalue weighted by atomic mass is 32.2. The van der Waals surface area contributed by atoms with E-state index < -0.39 is 0 Å². The molecular formula is C20H21N3O2S. The molecule has 2 aromatic carbocycles. The zero-order chi connectivity index (χ0) is 18.7. The van der Waals surface area contributed by atoms with Gasteiger partial charge in [0.2, 0.25) is 5.16 Å². The van der Waals surface area contributed by atoms with Gasteiger partial charge < -0.3 is 4.74 Å². The lowest BCUT2D eigenvalue weighted by Crippen LogP contribution is -2.08. The van der Waals surface area contributed by atoms with Crippen molar-refractivity contribution in [2.45, 2.75) is 25.9 Å². The Labute approximate surface area is 157 Å². The van der Waals surface area contributed by atoms with E-state index in [9.17, 15) is 4.79 Å². The van der Waals surface area contributed by atoms with Crippen LogP contribution in [0.5, 0.6) is 5.75 Å². The third-order valence-electron chi connectivity index (χ3n) is 4.12. The Morgan fingerprint density at radius 3 is 2.38 bits per heavy atom. The summed E-state index contributed by atoms with van der Waals surface area (Å²) in [7, 11) is 1.63. The summed E-state index contributed by atoms with van der Waals surface area (Å²) < 4.78 is 5.16. The number of hydrogen-bond acceptors (Lipinski definition) is 5. The molecule has 0 fully saturated rings. The van der Waals surface area contributed by atoms with Gasteiger partial charge in [-0.3, -0.25) is 9.89 Å². The summed E-state index contributed by atoms with van der Waals surface area (Å²) in [5, 5.41) is 7.68. The molecule has 0 saturated carbocycles. The van der Waals surface area contributed by atoms with E-state index in [0.29, 0.717) is 16.7 Å². The maximum Gasteiger partial charge on any atom is 0.209 e. The largest absolute Gasteiger partial charge is 0.497 e. The molecule has 0 aliphatic heterocycles. The van der Waals surface area contributed by atoms with Crippen molar-refractivity contribution in [3.63, 3.8) is 0 Å². The van der Waals surface area contributed by atoms with Gasteiger partial charge in [0, 0.05) is 11.1 Å². The first-order valence-electron chi connectivity index (χ1n) is 8.28. The van der Waals surface area contributed by atoms with Crippen molar-refractivity contribution in [1.82, 2.24) is 15.2 Å². The summed E-state index contributed by atoms with van der Waals surface area (Å²) in [4.78, 5) is 17.1. The maximum atomic E-state index is 12.6. The second-order valence-corrected chi connectivity index (χ2v) is 7.12. The van der Waals surface area contributed by atoms with E-state index in [1.807, 2.05) is 57.2 Å². The fourth-order valence-corrected chi connectivity index (χ4v) is 3.68. The predicted octanol–water partition coefficient (Wildman–Crippen LogP) is 4.38. The number of ether oxygens (including phenoxy) is 1. The molecule has 0 saturated heterocycles. The van der Waals surface area contributed by atoms with Crippen molar-refractivity contribution in [1.29, 1.82) is 0 Å². The van der Waals surface area contributed by atoms with E-state index in [4.69, 9.17) is 4.74 Å². The van der Waals surface area contributed by atoms with Crippen molar-refractivity contribution in [2.75, 3.05) is 12.9 Å². The maximum absolute atomic E-state index is 12.6. The molecule has 0 aliphatic carbocycles. The molecule has 0 spiro atoms. The average molecular weight is 367 g/mol. The minimum atomic E-state index is 0.0980. The van der Waals surface area contributed by atoms with Crippen molar-refractivity contribution < 1.29 is 9.53 Å². The fourth-order valence-electron chi connectivity index (χ4n) is 3.01. The summed E-state index contributed by atoms with van der Waals surface area (Å²) in [6.45, 7) is 6.00. The van der Waals surface area contributed by atoms with E-state index in [1.54, 1.807) is 7.11 Å². The SMILES string of the molecule is COc1ccc(-c2nc(SCC(=O)c3c(C)cc(C)cc3C)n[nH]2)cc1. The number of benzene rings is 2. The van der Waals surface area contributed by atoms with E-state index >= 15 is 0 Å². The lowest BCUT2D eigenvalue weighted by atomic mass is 9.97. The van der Waals surface area contributed by atoms with Gasteiger partial charge in [-0.15, -0.1) is 5.10 Å². The molecule has 1 heterocycles. The molecule has 0 bridgehead atoms. The van der Waals surface area contributed by atoms with Crippen LogP contribution in [-0.4, -0.2) is 33.8 Å². The van der Waals surface area contributed by atoms with Crippen LogP contribution in [-0.2, 0) is 0 Å². The Kier molecular flexibility index (Phi) is 5.42. The van der Waals surface area contributed by atoms with Crippen LogP contribution in [0.2, 0.25) is 0 Å². The number of ketones is 1. The van der Waals surface area contributed by atoms with Gasteiger partial charge in [-0.05, 0) is 56.2 Å². The Balaban J connectivity index is 1.69. The van der Waals surface area contributed by atoms with Gasteiger partial charge in [0.15, 0.2) is 11.6 Å². The van der Waals surface area contributed by atoms with Crippen LogP contribution in [0.1, 0.15) is 27.0 Å². The first kappa shape index (κ1) is 18.2. The Morgan fingerprint density at radius 2 is 1.77 bits per heavy atom. The molecule has 6 heteroatoms. The van der Waals surface area contributed by atoms with Gasteiger partial charge in [-0.25, -0.2) is 4.98 Å². The molecule has 3 rings (SSSR count).